The lowest BCUT2D eigenvalue weighted by molar-refractivity contribution is 0.235. The molecule has 0 aliphatic carbocycles. The van der Waals surface area contributed by atoms with E-state index in [-0.39, 0.29) is 5.56 Å². The maximum Gasteiger partial charge on any atom is 0.170 e. The molecular weight excluding hydrogens is 194 g/mol. The molecule has 0 spiro atoms. The molecule has 1 atom stereocenters. The molecule has 0 bridgehead atoms. The highest BCUT2D eigenvalue weighted by Gasteiger charge is 2.14. The van der Waals surface area contributed by atoms with Crippen LogP contribution in [0.1, 0.15) is 16.7 Å². The first kappa shape index (κ1) is 10.1. The van der Waals surface area contributed by atoms with Crippen LogP contribution in [0.3, 0.4) is 0 Å². The van der Waals surface area contributed by atoms with Gasteiger partial charge in [0.15, 0.2) is 5.44 Å². The van der Waals surface area contributed by atoms with Crippen molar-refractivity contribution >= 4 is 10.1 Å². The lowest BCUT2D eigenvalue weighted by atomic mass is 10.3. The minimum absolute atomic E-state index is 0.0133. The molecule has 6 heteroatoms. The quantitative estimate of drug-likeness (QED) is 0.678. The van der Waals surface area contributed by atoms with Crippen molar-refractivity contribution in [3.05, 3.63) is 29.6 Å². The first-order valence-electron chi connectivity index (χ1n) is 3.46. The Labute approximate surface area is 75.8 Å². The molecule has 0 aromatic carbocycles. The van der Waals surface area contributed by atoms with Crippen molar-refractivity contribution in [2.24, 2.45) is 0 Å². The number of aromatic nitrogens is 1. The Hall–Kier alpha value is -0.980. The van der Waals surface area contributed by atoms with E-state index in [0.717, 1.165) is 6.20 Å². The van der Waals surface area contributed by atoms with Crippen LogP contribution in [0.15, 0.2) is 18.3 Å². The second-order valence-corrected chi connectivity index (χ2v) is 4.01. The van der Waals surface area contributed by atoms with Crippen molar-refractivity contribution in [1.29, 1.82) is 0 Å². The Balaban J connectivity index is 3.04. The van der Waals surface area contributed by atoms with E-state index in [4.69, 9.17) is 5.11 Å². The highest BCUT2D eigenvalue weighted by molar-refractivity contribution is 7.85. The molecule has 0 aliphatic rings. The van der Waals surface area contributed by atoms with Gasteiger partial charge in [-0.05, 0) is 13.0 Å². The van der Waals surface area contributed by atoms with Crippen LogP contribution in [0.25, 0.3) is 0 Å². The van der Waals surface area contributed by atoms with Crippen LogP contribution in [0.2, 0.25) is 0 Å². The predicted molar refractivity (Wildman–Crippen MR) is 43.6 cm³/mol. The molecule has 0 radical (unpaired) electrons. The van der Waals surface area contributed by atoms with Gasteiger partial charge in [-0.3, -0.25) is 4.98 Å². The number of aliphatic hydroxyl groups excluding tert-OH is 1. The zero-order chi connectivity index (χ0) is 10.1. The summed E-state index contributed by atoms with van der Waals surface area (Å²) < 4.78 is 31.1. The van der Waals surface area contributed by atoms with Crippen molar-refractivity contribution in [2.45, 2.75) is 12.4 Å². The van der Waals surface area contributed by atoms with E-state index < -0.39 is 15.6 Å². The fourth-order valence-corrected chi connectivity index (χ4v) is 1.26. The summed E-state index contributed by atoms with van der Waals surface area (Å²) in [5.74, 6) is 0. The van der Waals surface area contributed by atoms with Crippen LogP contribution in [-0.4, -0.2) is 23.1 Å². The molecule has 1 aromatic heterocycles. The summed E-state index contributed by atoms with van der Waals surface area (Å²) in [6.07, 6.45) is 1.16. The van der Waals surface area contributed by atoms with Crippen molar-refractivity contribution in [3.8, 4) is 0 Å². The zero-order valence-electron chi connectivity index (χ0n) is 6.84. The van der Waals surface area contributed by atoms with E-state index in [9.17, 15) is 13.0 Å². The third kappa shape index (κ3) is 2.48. The number of aryl methyl sites for hydroxylation is 1. The molecule has 1 rings (SSSR count). The van der Waals surface area contributed by atoms with E-state index in [0.29, 0.717) is 5.69 Å². The Morgan fingerprint density at radius 1 is 1.54 bits per heavy atom. The molecule has 1 heterocycles. The second kappa shape index (κ2) is 3.41. The fraction of sp³-hybridized carbons (Fsp3) is 0.286. The number of rotatable bonds is 2. The van der Waals surface area contributed by atoms with Gasteiger partial charge in [-0.2, -0.15) is 0 Å². The van der Waals surface area contributed by atoms with E-state index in [1.807, 2.05) is 0 Å². The largest absolute Gasteiger partial charge is 0.746 e. The topological polar surface area (TPSA) is 90.3 Å². The third-order valence-corrected chi connectivity index (χ3v) is 2.31. The van der Waals surface area contributed by atoms with Gasteiger partial charge >= 0.3 is 0 Å². The third-order valence-electron chi connectivity index (χ3n) is 1.49. The van der Waals surface area contributed by atoms with Crippen LogP contribution >= 0.6 is 0 Å². The van der Waals surface area contributed by atoms with Crippen LogP contribution in [0, 0.1) is 6.92 Å². The molecule has 1 aromatic rings. The number of pyridine rings is 1. The summed E-state index contributed by atoms with van der Waals surface area (Å²) in [5.41, 5.74) is -1.36. The summed E-state index contributed by atoms with van der Waals surface area (Å²) in [5, 5.41) is 9.01. The van der Waals surface area contributed by atoms with E-state index in [1.165, 1.54) is 12.1 Å². The van der Waals surface area contributed by atoms with Crippen LogP contribution in [-0.2, 0) is 10.1 Å². The SMILES string of the molecule is Cc1ccc(C(O)S(=O)(=O)[O-])cn1. The Morgan fingerprint density at radius 2 is 2.15 bits per heavy atom. The molecule has 0 fully saturated rings. The standard InChI is InChI=1S/C7H9NO4S/c1-5-2-3-6(4-8-5)7(9)13(10,11)12/h2-4,7,9H,1H3,(H,10,11,12)/p-1. The van der Waals surface area contributed by atoms with Crippen LogP contribution < -0.4 is 0 Å². The number of hydrogen-bond donors (Lipinski definition) is 1. The van der Waals surface area contributed by atoms with Crippen molar-refractivity contribution in [3.63, 3.8) is 0 Å². The van der Waals surface area contributed by atoms with Crippen molar-refractivity contribution < 1.29 is 18.1 Å². The van der Waals surface area contributed by atoms with Crippen molar-refractivity contribution in [1.82, 2.24) is 4.98 Å². The maximum atomic E-state index is 10.4. The Bertz CT molecular complexity index is 383. The minimum atomic E-state index is -4.70. The molecule has 0 amide bonds. The molecule has 0 saturated carbocycles. The number of aliphatic hydroxyl groups is 1. The Kier molecular flexibility index (Phi) is 2.65. The van der Waals surface area contributed by atoms with Crippen LogP contribution in [0.5, 0.6) is 0 Å². The summed E-state index contributed by atoms with van der Waals surface area (Å²) in [6, 6.07) is 2.87. The average Bonchev–Trinajstić information content (AvgIpc) is 2.03. The lowest BCUT2D eigenvalue weighted by Gasteiger charge is -2.14. The van der Waals surface area contributed by atoms with Gasteiger partial charge < -0.3 is 9.66 Å². The number of nitrogens with zero attached hydrogens (tertiary/aromatic N) is 1. The predicted octanol–water partition coefficient (Wildman–Crippen LogP) is -0.0739. The monoisotopic (exact) mass is 202 g/mol. The summed E-state index contributed by atoms with van der Waals surface area (Å²) in [7, 11) is -4.70. The van der Waals surface area contributed by atoms with Gasteiger partial charge in [-0.15, -0.1) is 0 Å². The van der Waals surface area contributed by atoms with Gasteiger partial charge in [0, 0.05) is 17.5 Å². The van der Waals surface area contributed by atoms with Gasteiger partial charge in [0.2, 0.25) is 0 Å². The van der Waals surface area contributed by atoms with Crippen molar-refractivity contribution in [2.75, 3.05) is 0 Å². The molecule has 1 N–H and O–H groups in total. The molecule has 5 nitrogen and oxygen atoms in total. The van der Waals surface area contributed by atoms with Gasteiger partial charge in [-0.1, -0.05) is 6.07 Å². The Morgan fingerprint density at radius 3 is 2.54 bits per heavy atom. The summed E-state index contributed by atoms with van der Waals surface area (Å²) >= 11 is 0. The van der Waals surface area contributed by atoms with Gasteiger partial charge in [0.05, 0.1) is 0 Å². The molecule has 13 heavy (non-hydrogen) atoms. The molecule has 0 saturated heterocycles. The number of hydrogen-bond acceptors (Lipinski definition) is 5. The minimum Gasteiger partial charge on any atom is -0.746 e. The average molecular weight is 202 g/mol. The molecular formula is C7H8NO4S-. The second-order valence-electron chi connectivity index (χ2n) is 2.58. The van der Waals surface area contributed by atoms with Gasteiger partial charge in [-0.25, -0.2) is 8.42 Å². The highest BCUT2D eigenvalue weighted by Crippen LogP contribution is 2.16. The molecule has 1 unspecified atom stereocenters. The highest BCUT2D eigenvalue weighted by atomic mass is 32.2. The molecule has 0 aliphatic heterocycles. The zero-order valence-corrected chi connectivity index (χ0v) is 7.65. The first-order valence-corrected chi connectivity index (χ1v) is 4.94. The van der Waals surface area contributed by atoms with E-state index in [1.54, 1.807) is 6.92 Å². The van der Waals surface area contributed by atoms with E-state index >= 15 is 0 Å². The smallest absolute Gasteiger partial charge is 0.170 e. The maximum absolute atomic E-state index is 10.4. The normalized spacial score (nSPS) is 14.1. The first-order chi connectivity index (χ1) is 5.91. The van der Waals surface area contributed by atoms with Gasteiger partial charge in [0.25, 0.3) is 0 Å². The lowest BCUT2D eigenvalue weighted by Crippen LogP contribution is -2.11. The van der Waals surface area contributed by atoms with E-state index in [2.05, 4.69) is 4.98 Å². The molecule has 72 valence electrons. The van der Waals surface area contributed by atoms with Crippen LogP contribution in [0.4, 0.5) is 0 Å². The van der Waals surface area contributed by atoms with Gasteiger partial charge in [0.1, 0.15) is 10.1 Å². The summed E-state index contributed by atoms with van der Waals surface area (Å²) in [4.78, 5) is 3.75. The summed E-state index contributed by atoms with van der Waals surface area (Å²) in [6.45, 7) is 1.71. The fourth-order valence-electron chi connectivity index (χ4n) is 0.792.